The van der Waals surface area contributed by atoms with E-state index >= 15 is 0 Å². The maximum Gasteiger partial charge on any atom is 0.267 e. The van der Waals surface area contributed by atoms with Crippen LogP contribution in [0.5, 0.6) is 5.75 Å². The van der Waals surface area contributed by atoms with Crippen LogP contribution in [0.15, 0.2) is 35.1 Å². The van der Waals surface area contributed by atoms with Gasteiger partial charge < -0.3 is 9.64 Å². The van der Waals surface area contributed by atoms with Crippen molar-refractivity contribution in [1.82, 2.24) is 14.7 Å². The summed E-state index contributed by atoms with van der Waals surface area (Å²) >= 11 is 0. The summed E-state index contributed by atoms with van der Waals surface area (Å²) in [5.41, 5.74) is 2.94. The van der Waals surface area contributed by atoms with E-state index in [0.29, 0.717) is 24.6 Å². The van der Waals surface area contributed by atoms with Gasteiger partial charge in [0.05, 0.1) is 12.3 Å². The van der Waals surface area contributed by atoms with Gasteiger partial charge in [-0.2, -0.15) is 5.10 Å². The largest absolute Gasteiger partial charge is 0.494 e. The highest BCUT2D eigenvalue weighted by molar-refractivity contribution is 5.94. The van der Waals surface area contributed by atoms with Crippen molar-refractivity contribution in [2.24, 2.45) is 5.92 Å². The SMILES string of the molecule is CCOc1ccc(C(=O)N2CCC(Cn3nc4c(cc3=O)CCCC4)CC2)cc1. The van der Waals surface area contributed by atoms with Crippen LogP contribution in [0.4, 0.5) is 0 Å². The molecule has 0 spiro atoms. The molecule has 1 aliphatic heterocycles. The van der Waals surface area contributed by atoms with Gasteiger partial charge in [0.2, 0.25) is 0 Å². The molecule has 0 bridgehead atoms. The number of hydrogen-bond donors (Lipinski definition) is 0. The molecule has 2 heterocycles. The summed E-state index contributed by atoms with van der Waals surface area (Å²) in [6.07, 6.45) is 6.06. The van der Waals surface area contributed by atoms with Gasteiger partial charge in [0.1, 0.15) is 5.75 Å². The number of carbonyl (C=O) groups is 1. The first-order valence-corrected chi connectivity index (χ1v) is 10.8. The smallest absolute Gasteiger partial charge is 0.267 e. The second kappa shape index (κ2) is 8.80. The fourth-order valence-electron chi connectivity index (χ4n) is 4.34. The van der Waals surface area contributed by atoms with Gasteiger partial charge in [-0.25, -0.2) is 4.68 Å². The van der Waals surface area contributed by atoms with Crippen LogP contribution in [-0.2, 0) is 19.4 Å². The van der Waals surface area contributed by atoms with Crippen LogP contribution < -0.4 is 10.3 Å². The maximum atomic E-state index is 12.8. The summed E-state index contributed by atoms with van der Waals surface area (Å²) in [4.78, 5) is 27.1. The Balaban J connectivity index is 1.35. The predicted octanol–water partition coefficient (Wildman–Crippen LogP) is 3.07. The Morgan fingerprint density at radius 1 is 1.14 bits per heavy atom. The first-order chi connectivity index (χ1) is 14.1. The van der Waals surface area contributed by atoms with E-state index in [4.69, 9.17) is 4.74 Å². The van der Waals surface area contributed by atoms with Gasteiger partial charge in [-0.05, 0) is 81.2 Å². The Morgan fingerprint density at radius 2 is 1.86 bits per heavy atom. The fourth-order valence-corrected chi connectivity index (χ4v) is 4.34. The summed E-state index contributed by atoms with van der Waals surface area (Å²) in [7, 11) is 0. The molecule has 0 radical (unpaired) electrons. The molecule has 29 heavy (non-hydrogen) atoms. The number of nitrogens with zero attached hydrogens (tertiary/aromatic N) is 3. The van der Waals surface area contributed by atoms with E-state index < -0.39 is 0 Å². The lowest BCUT2D eigenvalue weighted by atomic mass is 9.95. The average molecular weight is 396 g/mol. The molecular formula is C23H29N3O3. The van der Waals surface area contributed by atoms with Crippen molar-refractivity contribution in [3.8, 4) is 5.75 Å². The van der Waals surface area contributed by atoms with Crippen molar-refractivity contribution in [1.29, 1.82) is 0 Å². The summed E-state index contributed by atoms with van der Waals surface area (Å²) in [5, 5.41) is 4.64. The summed E-state index contributed by atoms with van der Waals surface area (Å²) in [6, 6.07) is 9.13. The lowest BCUT2D eigenvalue weighted by molar-refractivity contribution is 0.0680. The van der Waals surface area contributed by atoms with Crippen LogP contribution in [-0.4, -0.2) is 40.3 Å². The third-order valence-electron chi connectivity index (χ3n) is 6.02. The Bertz CT molecular complexity index is 912. The van der Waals surface area contributed by atoms with Crippen LogP contribution in [0.1, 0.15) is 54.2 Å². The number of aromatic nitrogens is 2. The highest BCUT2D eigenvalue weighted by Gasteiger charge is 2.25. The second-order valence-corrected chi connectivity index (χ2v) is 8.04. The maximum absolute atomic E-state index is 12.8. The molecule has 1 saturated heterocycles. The third-order valence-corrected chi connectivity index (χ3v) is 6.02. The van der Waals surface area contributed by atoms with Gasteiger partial charge in [-0.15, -0.1) is 0 Å². The van der Waals surface area contributed by atoms with Crippen LogP contribution in [0.25, 0.3) is 0 Å². The highest BCUT2D eigenvalue weighted by atomic mass is 16.5. The number of likely N-dealkylation sites (tertiary alicyclic amines) is 1. The highest BCUT2D eigenvalue weighted by Crippen LogP contribution is 2.22. The lowest BCUT2D eigenvalue weighted by Crippen LogP contribution is -2.40. The molecule has 1 aliphatic carbocycles. The zero-order valence-corrected chi connectivity index (χ0v) is 17.1. The molecule has 0 unspecified atom stereocenters. The standard InChI is InChI=1S/C23H29N3O3/c1-2-29-20-9-7-18(8-10-20)23(28)25-13-11-17(12-14-25)16-26-22(27)15-19-5-3-4-6-21(19)24-26/h7-10,15,17H,2-6,11-14,16H2,1H3. The van der Waals surface area contributed by atoms with Gasteiger partial charge in [-0.1, -0.05) is 0 Å². The van der Waals surface area contributed by atoms with Crippen LogP contribution in [0, 0.1) is 5.92 Å². The van der Waals surface area contributed by atoms with Crippen LogP contribution in [0.2, 0.25) is 0 Å². The topological polar surface area (TPSA) is 64.4 Å². The average Bonchev–Trinajstić information content (AvgIpc) is 2.75. The molecule has 0 saturated carbocycles. The molecule has 4 rings (SSSR count). The van der Waals surface area contributed by atoms with Gasteiger partial charge in [0, 0.05) is 31.3 Å². The van der Waals surface area contributed by atoms with Gasteiger partial charge in [-0.3, -0.25) is 9.59 Å². The summed E-state index contributed by atoms with van der Waals surface area (Å²) < 4.78 is 7.09. The van der Waals surface area contributed by atoms with Crippen molar-refractivity contribution in [3.05, 3.63) is 57.5 Å². The molecule has 1 amide bonds. The molecule has 2 aromatic rings. The van der Waals surface area contributed by atoms with E-state index in [2.05, 4.69) is 5.10 Å². The molecule has 1 fully saturated rings. The first-order valence-electron chi connectivity index (χ1n) is 10.8. The molecule has 1 aromatic carbocycles. The third kappa shape index (κ3) is 4.52. The van der Waals surface area contributed by atoms with Gasteiger partial charge in [0.25, 0.3) is 11.5 Å². The molecule has 2 aliphatic rings. The molecule has 6 nitrogen and oxygen atoms in total. The molecule has 1 aromatic heterocycles. The Hall–Kier alpha value is -2.63. The first kappa shape index (κ1) is 19.7. The Kier molecular flexibility index (Phi) is 5.97. The minimum Gasteiger partial charge on any atom is -0.494 e. The molecule has 0 N–H and O–H groups in total. The number of carbonyl (C=O) groups excluding carboxylic acids is 1. The molecule has 0 atom stereocenters. The van der Waals surface area contributed by atoms with E-state index in [1.165, 1.54) is 0 Å². The minimum absolute atomic E-state index is 0.0125. The fraction of sp³-hybridized carbons (Fsp3) is 0.522. The van der Waals surface area contributed by atoms with Crippen molar-refractivity contribution in [2.45, 2.75) is 52.0 Å². The number of amides is 1. The molecule has 6 heteroatoms. The number of hydrogen-bond acceptors (Lipinski definition) is 4. The summed E-state index contributed by atoms with van der Waals surface area (Å²) in [5.74, 6) is 1.23. The van der Waals surface area contributed by atoms with Crippen molar-refractivity contribution < 1.29 is 9.53 Å². The van der Waals surface area contributed by atoms with Gasteiger partial charge in [0.15, 0.2) is 0 Å². The van der Waals surface area contributed by atoms with Crippen LogP contribution in [0.3, 0.4) is 0 Å². The zero-order chi connectivity index (χ0) is 20.2. The normalized spacial score (nSPS) is 17.1. The van der Waals surface area contributed by atoms with E-state index in [1.54, 1.807) is 10.7 Å². The second-order valence-electron chi connectivity index (χ2n) is 8.04. The van der Waals surface area contributed by atoms with Crippen LogP contribution >= 0.6 is 0 Å². The number of fused-ring (bicyclic) bond motifs is 1. The Labute approximate surface area is 171 Å². The molecular weight excluding hydrogens is 366 g/mol. The zero-order valence-electron chi connectivity index (χ0n) is 17.1. The lowest BCUT2D eigenvalue weighted by Gasteiger charge is -2.32. The number of aryl methyl sites for hydroxylation is 2. The van der Waals surface area contributed by atoms with Gasteiger partial charge >= 0.3 is 0 Å². The van der Waals surface area contributed by atoms with Crippen molar-refractivity contribution in [2.75, 3.05) is 19.7 Å². The van der Waals surface area contributed by atoms with E-state index in [9.17, 15) is 9.59 Å². The van der Waals surface area contributed by atoms with Crippen molar-refractivity contribution >= 4 is 5.91 Å². The monoisotopic (exact) mass is 395 g/mol. The van der Waals surface area contributed by atoms with E-state index in [-0.39, 0.29) is 11.5 Å². The number of benzene rings is 1. The summed E-state index contributed by atoms with van der Waals surface area (Å²) in [6.45, 7) is 4.64. The Morgan fingerprint density at radius 3 is 2.59 bits per heavy atom. The van der Waals surface area contributed by atoms with Crippen molar-refractivity contribution in [3.63, 3.8) is 0 Å². The quantitative estimate of drug-likeness (QED) is 0.780. The van der Waals surface area contributed by atoms with E-state index in [1.807, 2.05) is 36.1 Å². The molecule has 154 valence electrons. The minimum atomic E-state index is 0.0125. The number of rotatable bonds is 5. The predicted molar refractivity (Wildman–Crippen MR) is 111 cm³/mol. The number of ether oxygens (including phenoxy) is 1. The van der Waals surface area contributed by atoms with E-state index in [0.717, 1.165) is 68.6 Å². The number of piperidine rings is 1.